The molecule has 0 aromatic carbocycles. The van der Waals surface area contributed by atoms with E-state index in [0.717, 1.165) is 51.4 Å². The van der Waals surface area contributed by atoms with E-state index in [1.807, 2.05) is 0 Å². The number of ether oxygens (including phenoxy) is 3. The first-order valence-corrected chi connectivity index (χ1v) is 23.9. The van der Waals surface area contributed by atoms with E-state index in [2.05, 4.69) is 38.2 Å². The minimum absolute atomic E-state index is 0.0341. The molecule has 0 saturated carbocycles. The number of quaternary nitrogens is 1. The Bertz CT molecular complexity index is 989. The highest BCUT2D eigenvalue weighted by Crippen LogP contribution is 2.15. The van der Waals surface area contributed by atoms with Gasteiger partial charge in [0.1, 0.15) is 12.6 Å². The van der Waals surface area contributed by atoms with Gasteiger partial charge < -0.3 is 28.6 Å². The summed E-state index contributed by atoms with van der Waals surface area (Å²) >= 11 is 0. The van der Waals surface area contributed by atoms with Gasteiger partial charge in [-0.15, -0.1) is 0 Å². The maximum Gasteiger partial charge on any atom is 0.306 e. The van der Waals surface area contributed by atoms with E-state index < -0.39 is 18.1 Å². The zero-order chi connectivity index (χ0) is 42.1. The number of carboxylic acids is 1. The zero-order valence-corrected chi connectivity index (χ0v) is 38.0. The summed E-state index contributed by atoms with van der Waals surface area (Å²) in [7, 11) is 5.41. The molecule has 0 fully saturated rings. The number of carbonyl (C=O) groups excluding carboxylic acids is 3. The van der Waals surface area contributed by atoms with Crippen molar-refractivity contribution in [2.24, 2.45) is 0 Å². The summed E-state index contributed by atoms with van der Waals surface area (Å²) in [5, 5.41) is 11.6. The highest BCUT2D eigenvalue weighted by atomic mass is 16.6. The fourth-order valence-corrected chi connectivity index (χ4v) is 7.12. The Morgan fingerprint density at radius 2 is 0.912 bits per heavy atom. The average molecular weight is 806 g/mol. The summed E-state index contributed by atoms with van der Waals surface area (Å²) in [6.45, 7) is 4.66. The molecule has 2 atom stereocenters. The molecule has 0 heterocycles. The van der Waals surface area contributed by atoms with Crippen LogP contribution in [0.25, 0.3) is 0 Å². The number of hydrogen-bond donors (Lipinski definition) is 0. The second-order valence-corrected chi connectivity index (χ2v) is 17.4. The summed E-state index contributed by atoms with van der Waals surface area (Å²) in [5.41, 5.74) is 0. The fraction of sp³-hybridized carbons (Fsp3) is 0.857. The molecular weight excluding hydrogens is 715 g/mol. The molecule has 334 valence electrons. The van der Waals surface area contributed by atoms with E-state index in [9.17, 15) is 19.5 Å². The lowest BCUT2D eigenvalue weighted by molar-refractivity contribution is -0.889. The van der Waals surface area contributed by atoms with Crippen molar-refractivity contribution in [2.45, 2.75) is 231 Å². The molecule has 0 rings (SSSR count). The predicted octanol–water partition coefficient (Wildman–Crippen LogP) is 11.9. The summed E-state index contributed by atoms with van der Waals surface area (Å²) in [4.78, 5) is 36.9. The number of hydrogen-bond acceptors (Lipinski definition) is 7. The van der Waals surface area contributed by atoms with Crippen LogP contribution in [-0.4, -0.2) is 75.5 Å². The van der Waals surface area contributed by atoms with Gasteiger partial charge in [0.05, 0.1) is 40.3 Å². The average Bonchev–Trinajstić information content (AvgIpc) is 3.17. The third-order valence-corrected chi connectivity index (χ3v) is 10.9. The molecule has 2 unspecified atom stereocenters. The van der Waals surface area contributed by atoms with Gasteiger partial charge in [-0.25, -0.2) is 0 Å². The van der Waals surface area contributed by atoms with Gasteiger partial charge >= 0.3 is 11.9 Å². The molecule has 0 bridgehead atoms. The van der Waals surface area contributed by atoms with Crippen molar-refractivity contribution in [2.75, 3.05) is 41.0 Å². The highest BCUT2D eigenvalue weighted by molar-refractivity contribution is 5.70. The molecule has 0 amide bonds. The van der Waals surface area contributed by atoms with Crippen molar-refractivity contribution in [3.05, 3.63) is 24.3 Å². The third kappa shape index (κ3) is 39.1. The van der Waals surface area contributed by atoms with Gasteiger partial charge in [0, 0.05) is 19.3 Å². The van der Waals surface area contributed by atoms with Crippen LogP contribution < -0.4 is 5.11 Å². The first-order valence-electron chi connectivity index (χ1n) is 23.9. The maximum atomic E-state index is 12.7. The lowest BCUT2D eigenvalue weighted by Crippen LogP contribution is -2.55. The fourth-order valence-electron chi connectivity index (χ4n) is 7.12. The topological polar surface area (TPSA) is 102 Å². The zero-order valence-electron chi connectivity index (χ0n) is 38.0. The van der Waals surface area contributed by atoms with E-state index in [4.69, 9.17) is 14.2 Å². The minimum Gasteiger partial charge on any atom is -0.544 e. The molecule has 57 heavy (non-hydrogen) atoms. The minimum atomic E-state index is -1.13. The molecule has 0 saturated heterocycles. The first-order chi connectivity index (χ1) is 27.6. The second-order valence-electron chi connectivity index (χ2n) is 17.4. The number of carbonyl (C=O) groups is 3. The summed E-state index contributed by atoms with van der Waals surface area (Å²) < 4.78 is 17.2. The molecule has 0 spiro atoms. The number of rotatable bonds is 43. The van der Waals surface area contributed by atoms with Crippen LogP contribution in [0.4, 0.5) is 0 Å². The summed E-state index contributed by atoms with van der Waals surface area (Å²) in [6.07, 6.45) is 44.9. The normalized spacial score (nSPS) is 13.1. The van der Waals surface area contributed by atoms with Gasteiger partial charge in [0.15, 0.2) is 6.10 Å². The largest absolute Gasteiger partial charge is 0.544 e. The quantitative estimate of drug-likeness (QED) is 0.0262. The molecular formula is C49H91NO7. The van der Waals surface area contributed by atoms with Crippen LogP contribution in [-0.2, 0) is 28.6 Å². The Hall–Kier alpha value is -2.19. The Labute approximate surface area is 351 Å². The smallest absolute Gasteiger partial charge is 0.306 e. The second kappa shape index (κ2) is 40.6. The van der Waals surface area contributed by atoms with Crippen LogP contribution >= 0.6 is 0 Å². The summed E-state index contributed by atoms with van der Waals surface area (Å²) in [6, 6.07) is -0.728. The van der Waals surface area contributed by atoms with Crippen LogP contribution in [0.2, 0.25) is 0 Å². The van der Waals surface area contributed by atoms with Gasteiger partial charge in [0.25, 0.3) is 0 Å². The van der Waals surface area contributed by atoms with Gasteiger partial charge in [-0.2, -0.15) is 0 Å². The van der Waals surface area contributed by atoms with Crippen molar-refractivity contribution < 1.29 is 38.2 Å². The monoisotopic (exact) mass is 806 g/mol. The number of carboxylic acid groups (broad SMARTS) is 1. The standard InChI is InChI=1S/C49H91NO7/c1-6-8-10-12-14-16-18-20-22-24-26-27-29-31-33-35-37-39-47(51)56-44-45(43-55-42-41-46(49(53)54)50(3,4)5)57-48(52)40-38-36-34-32-30-28-25-23-21-19-17-15-13-11-9-7-2/h23,25,28,30,45-46H,6-22,24,26-27,29,31-44H2,1-5H3/b25-23+,30-28+. The SMILES string of the molecule is CCCCCCCCC/C=C/C=C/CCCCCC(=O)OC(COCCC(C(=O)[O-])[N+](C)(C)C)COC(=O)CCCCCCCCCCCCCCCCCCC. The van der Waals surface area contributed by atoms with Crippen LogP contribution in [0.5, 0.6) is 0 Å². The molecule has 0 radical (unpaired) electrons. The van der Waals surface area contributed by atoms with Gasteiger partial charge in [-0.3, -0.25) is 9.59 Å². The van der Waals surface area contributed by atoms with E-state index in [1.54, 1.807) is 21.1 Å². The molecule has 8 nitrogen and oxygen atoms in total. The van der Waals surface area contributed by atoms with Crippen LogP contribution in [0.15, 0.2) is 24.3 Å². The maximum absolute atomic E-state index is 12.7. The van der Waals surface area contributed by atoms with Crippen molar-refractivity contribution in [3.63, 3.8) is 0 Å². The van der Waals surface area contributed by atoms with Crippen LogP contribution in [0, 0.1) is 0 Å². The first kappa shape index (κ1) is 54.8. The highest BCUT2D eigenvalue weighted by Gasteiger charge is 2.25. The number of aliphatic carboxylic acids is 1. The number of esters is 2. The van der Waals surface area contributed by atoms with Crippen molar-refractivity contribution >= 4 is 17.9 Å². The van der Waals surface area contributed by atoms with Gasteiger partial charge in [-0.05, 0) is 38.5 Å². The molecule has 0 aromatic rings. The van der Waals surface area contributed by atoms with Crippen molar-refractivity contribution in [3.8, 4) is 0 Å². The Balaban J connectivity index is 4.32. The molecule has 0 aliphatic rings. The third-order valence-electron chi connectivity index (χ3n) is 10.9. The number of allylic oxidation sites excluding steroid dienone is 4. The number of unbranched alkanes of at least 4 members (excludes halogenated alkanes) is 26. The van der Waals surface area contributed by atoms with Crippen molar-refractivity contribution in [1.29, 1.82) is 0 Å². The van der Waals surface area contributed by atoms with E-state index in [-0.39, 0.29) is 42.7 Å². The van der Waals surface area contributed by atoms with E-state index in [1.165, 1.54) is 135 Å². The van der Waals surface area contributed by atoms with Gasteiger partial charge in [-0.1, -0.05) is 186 Å². The predicted molar refractivity (Wildman–Crippen MR) is 236 cm³/mol. The Morgan fingerprint density at radius 1 is 0.526 bits per heavy atom. The molecule has 0 aliphatic carbocycles. The molecule has 0 aromatic heterocycles. The number of likely N-dealkylation sites (N-methyl/N-ethyl adjacent to an activating group) is 1. The molecule has 0 aliphatic heterocycles. The molecule has 8 heteroatoms. The lowest BCUT2D eigenvalue weighted by Gasteiger charge is -2.34. The van der Waals surface area contributed by atoms with E-state index in [0.29, 0.717) is 12.8 Å². The van der Waals surface area contributed by atoms with Crippen LogP contribution in [0.1, 0.15) is 219 Å². The number of nitrogens with zero attached hydrogens (tertiary/aromatic N) is 1. The van der Waals surface area contributed by atoms with Gasteiger partial charge in [0.2, 0.25) is 0 Å². The lowest BCUT2D eigenvalue weighted by atomic mass is 10.0. The summed E-state index contributed by atoms with van der Waals surface area (Å²) in [5.74, 6) is -1.76. The Morgan fingerprint density at radius 3 is 1.33 bits per heavy atom. The van der Waals surface area contributed by atoms with Crippen LogP contribution in [0.3, 0.4) is 0 Å². The Kier molecular flexibility index (Phi) is 39.0. The molecule has 0 N–H and O–H groups in total. The van der Waals surface area contributed by atoms with E-state index >= 15 is 0 Å². The van der Waals surface area contributed by atoms with Crippen molar-refractivity contribution in [1.82, 2.24) is 0 Å².